The van der Waals surface area contributed by atoms with Crippen LogP contribution in [0.1, 0.15) is 5.56 Å². The standard InChI is InChI=1S/C13H6Br2ClF3/c14-9-2-1-3-10(15)12(9)8-6-7(13(17,18)19)4-5-11(8)16/h1-6H. The topological polar surface area (TPSA) is 0 Å². The van der Waals surface area contributed by atoms with Crippen molar-refractivity contribution in [1.82, 2.24) is 0 Å². The van der Waals surface area contributed by atoms with E-state index in [0.29, 0.717) is 20.1 Å². The Balaban J connectivity index is 2.69. The fourth-order valence-corrected chi connectivity index (χ4v) is 3.29. The van der Waals surface area contributed by atoms with Crippen molar-refractivity contribution in [2.45, 2.75) is 6.18 Å². The Kier molecular flexibility index (Phi) is 4.28. The van der Waals surface area contributed by atoms with Crippen molar-refractivity contribution in [3.05, 3.63) is 55.9 Å². The summed E-state index contributed by atoms with van der Waals surface area (Å²) in [4.78, 5) is 0. The summed E-state index contributed by atoms with van der Waals surface area (Å²) >= 11 is 12.7. The van der Waals surface area contributed by atoms with E-state index in [9.17, 15) is 13.2 Å². The van der Waals surface area contributed by atoms with Crippen molar-refractivity contribution in [2.75, 3.05) is 0 Å². The molecule has 0 unspecified atom stereocenters. The van der Waals surface area contributed by atoms with Crippen LogP contribution in [0.4, 0.5) is 13.2 Å². The molecule has 0 fully saturated rings. The van der Waals surface area contributed by atoms with E-state index in [1.807, 2.05) is 0 Å². The molecule has 6 heteroatoms. The van der Waals surface area contributed by atoms with Crippen LogP contribution in [-0.2, 0) is 6.18 Å². The largest absolute Gasteiger partial charge is 0.416 e. The fraction of sp³-hybridized carbons (Fsp3) is 0.0769. The molecule has 2 aromatic carbocycles. The van der Waals surface area contributed by atoms with E-state index in [-0.39, 0.29) is 5.02 Å². The van der Waals surface area contributed by atoms with Crippen LogP contribution in [0, 0.1) is 0 Å². The monoisotopic (exact) mass is 412 g/mol. The zero-order valence-electron chi connectivity index (χ0n) is 9.23. The molecule has 0 nitrogen and oxygen atoms in total. The van der Waals surface area contributed by atoms with Gasteiger partial charge in [-0.1, -0.05) is 49.5 Å². The van der Waals surface area contributed by atoms with E-state index in [2.05, 4.69) is 31.9 Å². The SMILES string of the molecule is FC(F)(F)c1ccc(Cl)c(-c2c(Br)cccc2Br)c1. The molecule has 0 saturated heterocycles. The van der Waals surface area contributed by atoms with Crippen LogP contribution in [0.2, 0.25) is 5.02 Å². The zero-order chi connectivity index (χ0) is 14.2. The van der Waals surface area contributed by atoms with Crippen molar-refractivity contribution in [1.29, 1.82) is 0 Å². The van der Waals surface area contributed by atoms with E-state index in [1.54, 1.807) is 18.2 Å². The highest BCUT2D eigenvalue weighted by Gasteiger charge is 2.31. The number of halogens is 6. The normalized spacial score (nSPS) is 11.7. The lowest BCUT2D eigenvalue weighted by Gasteiger charge is -2.13. The van der Waals surface area contributed by atoms with Crippen LogP contribution < -0.4 is 0 Å². The highest BCUT2D eigenvalue weighted by molar-refractivity contribution is 9.11. The third-order valence-corrected chi connectivity index (χ3v) is 4.18. The maximum Gasteiger partial charge on any atom is 0.416 e. The summed E-state index contributed by atoms with van der Waals surface area (Å²) in [5.41, 5.74) is 0.198. The molecular weight excluding hydrogens is 408 g/mol. The lowest BCUT2D eigenvalue weighted by Crippen LogP contribution is -2.04. The van der Waals surface area contributed by atoms with Gasteiger partial charge >= 0.3 is 6.18 Å². The van der Waals surface area contributed by atoms with E-state index >= 15 is 0 Å². The zero-order valence-corrected chi connectivity index (χ0v) is 13.2. The predicted molar refractivity (Wildman–Crippen MR) is 77.3 cm³/mol. The first-order valence-electron chi connectivity index (χ1n) is 5.12. The number of rotatable bonds is 1. The molecule has 0 aliphatic carbocycles. The maximum absolute atomic E-state index is 12.7. The van der Waals surface area contributed by atoms with Crippen molar-refractivity contribution < 1.29 is 13.2 Å². The van der Waals surface area contributed by atoms with Gasteiger partial charge in [0.25, 0.3) is 0 Å². The summed E-state index contributed by atoms with van der Waals surface area (Å²) in [5.74, 6) is 0. The van der Waals surface area contributed by atoms with Gasteiger partial charge in [0, 0.05) is 25.1 Å². The Labute approximate surface area is 129 Å². The third-order valence-electron chi connectivity index (χ3n) is 2.53. The first-order valence-corrected chi connectivity index (χ1v) is 7.08. The summed E-state index contributed by atoms with van der Waals surface area (Å²) in [6, 6.07) is 8.54. The van der Waals surface area contributed by atoms with Gasteiger partial charge in [-0.3, -0.25) is 0 Å². The van der Waals surface area contributed by atoms with Crippen molar-refractivity contribution >= 4 is 43.5 Å². The lowest BCUT2D eigenvalue weighted by atomic mass is 10.0. The molecular formula is C13H6Br2ClF3. The Morgan fingerprint density at radius 2 is 1.53 bits per heavy atom. The number of hydrogen-bond donors (Lipinski definition) is 0. The van der Waals surface area contributed by atoms with Gasteiger partial charge in [0.1, 0.15) is 0 Å². The Hall–Kier alpha value is -0.520. The summed E-state index contributed by atoms with van der Waals surface area (Å²) in [6.07, 6.45) is -4.40. The molecule has 2 rings (SSSR count). The van der Waals surface area contributed by atoms with E-state index in [0.717, 1.165) is 12.1 Å². The second-order valence-corrected chi connectivity index (χ2v) is 5.90. The fourth-order valence-electron chi connectivity index (χ4n) is 1.65. The summed E-state index contributed by atoms with van der Waals surface area (Å²) in [7, 11) is 0. The van der Waals surface area contributed by atoms with Crippen LogP contribution in [0.3, 0.4) is 0 Å². The van der Waals surface area contributed by atoms with Crippen LogP contribution in [-0.4, -0.2) is 0 Å². The molecule has 0 aliphatic heterocycles. The van der Waals surface area contributed by atoms with Gasteiger partial charge in [-0.05, 0) is 30.3 Å². The molecule has 0 aromatic heterocycles. The summed E-state index contributed by atoms with van der Waals surface area (Å²) in [6.45, 7) is 0. The highest BCUT2D eigenvalue weighted by atomic mass is 79.9. The van der Waals surface area contributed by atoms with Gasteiger partial charge in [0.2, 0.25) is 0 Å². The van der Waals surface area contributed by atoms with E-state index in [4.69, 9.17) is 11.6 Å². The molecule has 100 valence electrons. The molecule has 0 saturated carbocycles. The first-order chi connectivity index (χ1) is 8.80. The summed E-state index contributed by atoms with van der Waals surface area (Å²) < 4.78 is 39.6. The quantitative estimate of drug-likeness (QED) is 0.496. The van der Waals surface area contributed by atoms with Crippen molar-refractivity contribution in [3.8, 4) is 11.1 Å². The number of alkyl halides is 3. The minimum Gasteiger partial charge on any atom is -0.166 e. The Bertz CT molecular complexity index is 604. The smallest absolute Gasteiger partial charge is 0.166 e. The average molecular weight is 414 g/mol. The third kappa shape index (κ3) is 3.15. The lowest BCUT2D eigenvalue weighted by molar-refractivity contribution is -0.137. The van der Waals surface area contributed by atoms with Gasteiger partial charge < -0.3 is 0 Å². The molecule has 2 aromatic rings. The Morgan fingerprint density at radius 1 is 0.947 bits per heavy atom. The highest BCUT2D eigenvalue weighted by Crippen LogP contribution is 2.41. The van der Waals surface area contributed by atoms with Gasteiger partial charge in [0.05, 0.1) is 5.56 Å². The van der Waals surface area contributed by atoms with Gasteiger partial charge in [-0.15, -0.1) is 0 Å². The van der Waals surface area contributed by atoms with Crippen LogP contribution in [0.5, 0.6) is 0 Å². The average Bonchev–Trinajstić information content (AvgIpc) is 2.29. The molecule has 0 bridgehead atoms. The minimum absolute atomic E-state index is 0.264. The summed E-state index contributed by atoms with van der Waals surface area (Å²) in [5, 5.41) is 0.264. The maximum atomic E-state index is 12.7. The first kappa shape index (κ1) is 14.9. The van der Waals surface area contributed by atoms with E-state index in [1.165, 1.54) is 6.07 Å². The van der Waals surface area contributed by atoms with Gasteiger partial charge in [-0.2, -0.15) is 13.2 Å². The molecule has 0 aliphatic rings. The van der Waals surface area contributed by atoms with Crippen molar-refractivity contribution in [3.63, 3.8) is 0 Å². The van der Waals surface area contributed by atoms with Crippen LogP contribution in [0.15, 0.2) is 45.3 Å². The second kappa shape index (κ2) is 5.46. The number of benzene rings is 2. The predicted octanol–water partition coefficient (Wildman–Crippen LogP) is 6.55. The van der Waals surface area contributed by atoms with E-state index < -0.39 is 11.7 Å². The molecule has 0 radical (unpaired) electrons. The van der Waals surface area contributed by atoms with Crippen LogP contribution >= 0.6 is 43.5 Å². The number of hydrogen-bond acceptors (Lipinski definition) is 0. The molecule has 0 heterocycles. The molecule has 19 heavy (non-hydrogen) atoms. The van der Waals surface area contributed by atoms with Crippen LogP contribution in [0.25, 0.3) is 11.1 Å². The van der Waals surface area contributed by atoms with Gasteiger partial charge in [-0.25, -0.2) is 0 Å². The second-order valence-electron chi connectivity index (χ2n) is 3.79. The molecule has 0 N–H and O–H groups in total. The minimum atomic E-state index is -4.40. The van der Waals surface area contributed by atoms with Gasteiger partial charge in [0.15, 0.2) is 0 Å². The molecule has 0 spiro atoms. The Morgan fingerprint density at radius 3 is 2.05 bits per heavy atom. The molecule has 0 amide bonds. The van der Waals surface area contributed by atoms with Crippen molar-refractivity contribution in [2.24, 2.45) is 0 Å². The molecule has 0 atom stereocenters.